The van der Waals surface area contributed by atoms with Gasteiger partial charge in [0.25, 0.3) is 5.97 Å². The molecule has 0 aromatic rings. The van der Waals surface area contributed by atoms with E-state index < -0.39 is 5.97 Å². The molecule has 0 aromatic carbocycles. The van der Waals surface area contributed by atoms with E-state index >= 15 is 0 Å². The van der Waals surface area contributed by atoms with E-state index in [1.54, 1.807) is 0 Å². The zero-order chi connectivity index (χ0) is 11.8. The quantitative estimate of drug-likeness (QED) is 0.630. The summed E-state index contributed by atoms with van der Waals surface area (Å²) in [5, 5.41) is 10.6. The molecule has 0 aromatic heterocycles. The highest BCUT2D eigenvalue weighted by Crippen LogP contribution is 2.13. The maximum Gasteiger partial charge on any atom is 0.322 e. The first-order chi connectivity index (χ1) is 6.97. The monoisotopic (exact) mass is 217 g/mol. The molecule has 1 rings (SSSR count). The van der Waals surface area contributed by atoms with Crippen molar-refractivity contribution in [1.82, 2.24) is 5.32 Å². The molecule has 1 aliphatic rings. The first-order valence-corrected chi connectivity index (χ1v) is 4.98. The molecule has 1 aliphatic heterocycles. The Kier molecular flexibility index (Phi) is 6.70. The van der Waals surface area contributed by atoms with Crippen LogP contribution in [0.15, 0.2) is 0 Å². The van der Waals surface area contributed by atoms with E-state index in [1.165, 1.54) is 7.11 Å². The second kappa shape index (κ2) is 7.23. The largest absolute Gasteiger partial charge is 0.481 e. The van der Waals surface area contributed by atoms with Crippen molar-refractivity contribution < 1.29 is 19.4 Å². The molecule has 1 heterocycles. The first-order valence-electron chi connectivity index (χ1n) is 4.98. The first kappa shape index (κ1) is 13.9. The Morgan fingerprint density at radius 1 is 1.40 bits per heavy atom. The standard InChI is InChI=1S/C8H15NO2.C2H4O2/c1-6-3-4-7(9-5-6)8(10)11-2;1-2(3)4/h6-7,9H,3-5H2,1-2H3;1H3,(H,3,4). The van der Waals surface area contributed by atoms with Crippen molar-refractivity contribution >= 4 is 11.9 Å². The van der Waals surface area contributed by atoms with Gasteiger partial charge in [0.1, 0.15) is 6.04 Å². The number of hydrogen-bond acceptors (Lipinski definition) is 4. The van der Waals surface area contributed by atoms with Crippen molar-refractivity contribution in [2.24, 2.45) is 5.92 Å². The summed E-state index contributed by atoms with van der Waals surface area (Å²) in [6, 6.07) is -0.0591. The number of ether oxygens (including phenoxy) is 1. The summed E-state index contributed by atoms with van der Waals surface area (Å²) < 4.78 is 4.62. The van der Waals surface area contributed by atoms with Crippen molar-refractivity contribution in [2.75, 3.05) is 13.7 Å². The fourth-order valence-corrected chi connectivity index (χ4v) is 1.34. The summed E-state index contributed by atoms with van der Waals surface area (Å²) >= 11 is 0. The number of piperidine rings is 1. The number of carbonyl (C=O) groups excluding carboxylic acids is 1. The predicted octanol–water partition coefficient (Wildman–Crippen LogP) is 0.638. The number of rotatable bonds is 1. The van der Waals surface area contributed by atoms with Gasteiger partial charge in [-0.1, -0.05) is 6.92 Å². The lowest BCUT2D eigenvalue weighted by atomic mass is 9.97. The van der Waals surface area contributed by atoms with Crippen LogP contribution in [-0.4, -0.2) is 36.7 Å². The molecule has 0 radical (unpaired) electrons. The maximum atomic E-state index is 11.0. The van der Waals surface area contributed by atoms with Crippen LogP contribution in [0.3, 0.4) is 0 Å². The van der Waals surface area contributed by atoms with Crippen LogP contribution >= 0.6 is 0 Å². The average Bonchev–Trinajstić information content (AvgIpc) is 2.17. The Balaban J connectivity index is 0.000000423. The molecule has 2 atom stereocenters. The van der Waals surface area contributed by atoms with E-state index in [0.717, 1.165) is 26.3 Å². The van der Waals surface area contributed by atoms with Crippen LogP contribution in [0.5, 0.6) is 0 Å². The fraction of sp³-hybridized carbons (Fsp3) is 0.800. The smallest absolute Gasteiger partial charge is 0.322 e. The molecule has 0 saturated carbocycles. The lowest BCUT2D eigenvalue weighted by Gasteiger charge is -2.25. The molecule has 1 saturated heterocycles. The number of carboxylic acid groups (broad SMARTS) is 1. The number of nitrogens with one attached hydrogen (secondary N) is 1. The van der Waals surface area contributed by atoms with Gasteiger partial charge >= 0.3 is 5.97 Å². The summed E-state index contributed by atoms with van der Waals surface area (Å²) in [6.45, 7) is 4.19. The van der Waals surface area contributed by atoms with Gasteiger partial charge in [-0.05, 0) is 25.3 Å². The van der Waals surface area contributed by atoms with Gasteiger partial charge < -0.3 is 15.2 Å². The molecule has 15 heavy (non-hydrogen) atoms. The Morgan fingerprint density at radius 3 is 2.27 bits per heavy atom. The molecule has 0 aliphatic carbocycles. The summed E-state index contributed by atoms with van der Waals surface area (Å²) in [5.41, 5.74) is 0. The summed E-state index contributed by atoms with van der Waals surface area (Å²) in [7, 11) is 1.43. The average molecular weight is 217 g/mol. The van der Waals surface area contributed by atoms with Gasteiger partial charge in [-0.25, -0.2) is 0 Å². The molecular weight excluding hydrogens is 198 g/mol. The Bertz CT molecular complexity index is 205. The number of hydrogen-bond donors (Lipinski definition) is 2. The van der Waals surface area contributed by atoms with Crippen molar-refractivity contribution in [3.63, 3.8) is 0 Å². The summed E-state index contributed by atoms with van der Waals surface area (Å²) in [6.07, 6.45) is 2.03. The lowest BCUT2D eigenvalue weighted by Crippen LogP contribution is -2.43. The van der Waals surface area contributed by atoms with Gasteiger partial charge in [0.2, 0.25) is 0 Å². The molecule has 1 fully saturated rings. The number of carboxylic acids is 1. The van der Waals surface area contributed by atoms with Crippen LogP contribution < -0.4 is 5.32 Å². The molecule has 2 unspecified atom stereocenters. The zero-order valence-corrected chi connectivity index (χ0v) is 9.45. The highest BCUT2D eigenvalue weighted by atomic mass is 16.5. The normalized spacial score (nSPS) is 24.7. The Labute approximate surface area is 89.8 Å². The van der Waals surface area contributed by atoms with Crippen LogP contribution in [0, 0.1) is 5.92 Å². The molecule has 0 amide bonds. The lowest BCUT2D eigenvalue weighted by molar-refractivity contribution is -0.144. The van der Waals surface area contributed by atoms with E-state index in [2.05, 4.69) is 17.0 Å². The van der Waals surface area contributed by atoms with Crippen molar-refractivity contribution in [3.8, 4) is 0 Å². The van der Waals surface area contributed by atoms with Crippen molar-refractivity contribution in [2.45, 2.75) is 32.7 Å². The van der Waals surface area contributed by atoms with Crippen LogP contribution in [0.25, 0.3) is 0 Å². The van der Waals surface area contributed by atoms with Crippen LogP contribution in [-0.2, 0) is 14.3 Å². The molecule has 88 valence electrons. The van der Waals surface area contributed by atoms with E-state index in [-0.39, 0.29) is 12.0 Å². The fourth-order valence-electron chi connectivity index (χ4n) is 1.34. The minimum atomic E-state index is -0.833. The van der Waals surface area contributed by atoms with E-state index in [9.17, 15) is 4.79 Å². The Morgan fingerprint density at radius 2 is 1.93 bits per heavy atom. The molecule has 0 bridgehead atoms. The SMILES string of the molecule is CC(=O)O.COC(=O)C1CCC(C)CN1. The second-order valence-electron chi connectivity index (χ2n) is 3.69. The number of carbonyl (C=O) groups is 2. The maximum absolute atomic E-state index is 11.0. The highest BCUT2D eigenvalue weighted by Gasteiger charge is 2.23. The van der Waals surface area contributed by atoms with Crippen LogP contribution in [0.2, 0.25) is 0 Å². The van der Waals surface area contributed by atoms with Gasteiger partial charge in [0.05, 0.1) is 7.11 Å². The third-order valence-corrected chi connectivity index (χ3v) is 2.15. The highest BCUT2D eigenvalue weighted by molar-refractivity contribution is 5.75. The molecular formula is C10H19NO4. The summed E-state index contributed by atoms with van der Waals surface area (Å²) in [5.74, 6) is -0.271. The number of methoxy groups -OCH3 is 1. The minimum absolute atomic E-state index is 0.0591. The molecule has 2 N–H and O–H groups in total. The van der Waals surface area contributed by atoms with E-state index in [0.29, 0.717) is 5.92 Å². The van der Waals surface area contributed by atoms with E-state index in [4.69, 9.17) is 9.90 Å². The van der Waals surface area contributed by atoms with Crippen LogP contribution in [0.1, 0.15) is 26.7 Å². The number of aliphatic carboxylic acids is 1. The third-order valence-electron chi connectivity index (χ3n) is 2.15. The van der Waals surface area contributed by atoms with E-state index in [1.807, 2.05) is 0 Å². The zero-order valence-electron chi connectivity index (χ0n) is 9.45. The van der Waals surface area contributed by atoms with Crippen molar-refractivity contribution in [3.05, 3.63) is 0 Å². The second-order valence-corrected chi connectivity index (χ2v) is 3.69. The van der Waals surface area contributed by atoms with Gasteiger partial charge in [-0.15, -0.1) is 0 Å². The molecule has 5 nitrogen and oxygen atoms in total. The summed E-state index contributed by atoms with van der Waals surface area (Å²) in [4.78, 5) is 20.0. The molecule has 5 heteroatoms. The molecule has 0 spiro atoms. The topological polar surface area (TPSA) is 75.6 Å². The van der Waals surface area contributed by atoms with Gasteiger partial charge in [0.15, 0.2) is 0 Å². The van der Waals surface area contributed by atoms with Gasteiger partial charge in [-0.2, -0.15) is 0 Å². The van der Waals surface area contributed by atoms with Crippen LogP contribution in [0.4, 0.5) is 0 Å². The predicted molar refractivity (Wildman–Crippen MR) is 55.5 cm³/mol. The third kappa shape index (κ3) is 6.90. The van der Waals surface area contributed by atoms with Gasteiger partial charge in [-0.3, -0.25) is 9.59 Å². The minimum Gasteiger partial charge on any atom is -0.481 e. The van der Waals surface area contributed by atoms with Crippen molar-refractivity contribution in [1.29, 1.82) is 0 Å². The Hall–Kier alpha value is -1.10. The number of esters is 1. The van der Waals surface area contributed by atoms with Gasteiger partial charge in [0, 0.05) is 6.92 Å².